The van der Waals surface area contributed by atoms with Crippen LogP contribution in [0.3, 0.4) is 0 Å². The van der Waals surface area contributed by atoms with Crippen LogP contribution in [0.25, 0.3) is 0 Å². The van der Waals surface area contributed by atoms with Gasteiger partial charge < -0.3 is 4.48 Å². The molecule has 0 aliphatic carbocycles. The predicted molar refractivity (Wildman–Crippen MR) is 43.7 cm³/mol. The zero-order chi connectivity index (χ0) is 7.78. The molecule has 0 bridgehead atoms. The summed E-state index contributed by atoms with van der Waals surface area (Å²) in [6.07, 6.45) is 0. The highest BCUT2D eigenvalue weighted by Gasteiger charge is 2.34. The van der Waals surface area contributed by atoms with Crippen LogP contribution in [0.5, 0.6) is 0 Å². The lowest BCUT2D eigenvalue weighted by molar-refractivity contribution is -0.900. The van der Waals surface area contributed by atoms with Crippen molar-refractivity contribution in [1.82, 2.24) is 4.90 Å². The fourth-order valence-electron chi connectivity index (χ4n) is 1.74. The molecule has 1 aliphatic heterocycles. The average Bonchev–Trinajstić information content (AvgIpc) is 2.10. The molecular weight excluding hydrogens is 124 g/mol. The van der Waals surface area contributed by atoms with Gasteiger partial charge in [0, 0.05) is 0 Å². The summed E-state index contributed by atoms with van der Waals surface area (Å²) in [7, 11) is 4.55. The molecule has 1 saturated heterocycles. The van der Waals surface area contributed by atoms with Crippen LogP contribution in [0.1, 0.15) is 13.8 Å². The minimum absolute atomic E-state index is 0.768. The Morgan fingerprint density at radius 2 is 2.20 bits per heavy atom. The SMILES string of the molecule is CC[N@+]1(C)CC(C)N(C)C1. The summed E-state index contributed by atoms with van der Waals surface area (Å²) in [4.78, 5) is 2.43. The van der Waals surface area contributed by atoms with E-state index in [1.54, 1.807) is 0 Å². The molecule has 2 nitrogen and oxygen atoms in total. The Morgan fingerprint density at radius 3 is 2.40 bits per heavy atom. The first-order chi connectivity index (χ1) is 4.57. The van der Waals surface area contributed by atoms with E-state index in [2.05, 4.69) is 32.8 Å². The number of quaternary nitrogens is 1. The quantitative estimate of drug-likeness (QED) is 0.489. The summed E-state index contributed by atoms with van der Waals surface area (Å²) in [5.41, 5.74) is 0. The normalized spacial score (nSPS) is 42.6. The van der Waals surface area contributed by atoms with E-state index in [1.165, 1.54) is 24.2 Å². The first-order valence-corrected chi connectivity index (χ1v) is 4.11. The van der Waals surface area contributed by atoms with Gasteiger partial charge >= 0.3 is 0 Å². The van der Waals surface area contributed by atoms with E-state index in [9.17, 15) is 0 Å². The fraction of sp³-hybridized carbons (Fsp3) is 1.00. The van der Waals surface area contributed by atoms with Crippen molar-refractivity contribution in [2.75, 3.05) is 33.9 Å². The van der Waals surface area contributed by atoms with E-state index in [1.807, 2.05) is 0 Å². The summed E-state index contributed by atoms with van der Waals surface area (Å²) < 4.78 is 1.22. The molecule has 2 atom stereocenters. The standard InChI is InChI=1S/C8H19N2/c1-5-10(4)6-8(2)9(3)7-10/h8H,5-7H2,1-4H3/q+1/t8?,10-/m1/s1. The summed E-state index contributed by atoms with van der Waals surface area (Å²) in [6, 6.07) is 0.768. The molecule has 0 aromatic heterocycles. The van der Waals surface area contributed by atoms with Gasteiger partial charge in [-0.1, -0.05) is 0 Å². The Kier molecular flexibility index (Phi) is 2.02. The van der Waals surface area contributed by atoms with Crippen LogP contribution in [0.4, 0.5) is 0 Å². The second-order valence-corrected chi connectivity index (χ2v) is 3.87. The molecule has 60 valence electrons. The first-order valence-electron chi connectivity index (χ1n) is 4.11. The van der Waals surface area contributed by atoms with Gasteiger partial charge in [-0.3, -0.25) is 4.90 Å². The lowest BCUT2D eigenvalue weighted by Gasteiger charge is -2.26. The summed E-state index contributed by atoms with van der Waals surface area (Å²) >= 11 is 0. The Balaban J connectivity index is 2.55. The lowest BCUT2D eigenvalue weighted by Crippen LogP contribution is -2.42. The van der Waals surface area contributed by atoms with Crippen molar-refractivity contribution in [3.8, 4) is 0 Å². The Morgan fingerprint density at radius 1 is 1.60 bits per heavy atom. The third-order valence-electron chi connectivity index (χ3n) is 2.79. The number of rotatable bonds is 1. The Bertz CT molecular complexity index is 112. The van der Waals surface area contributed by atoms with Gasteiger partial charge in [-0.25, -0.2) is 0 Å². The second kappa shape index (κ2) is 2.51. The van der Waals surface area contributed by atoms with Gasteiger partial charge in [-0.15, -0.1) is 0 Å². The van der Waals surface area contributed by atoms with Crippen LogP contribution in [0.15, 0.2) is 0 Å². The van der Waals surface area contributed by atoms with Crippen molar-refractivity contribution in [1.29, 1.82) is 0 Å². The number of nitrogens with zero attached hydrogens (tertiary/aromatic N) is 2. The highest BCUT2D eigenvalue weighted by atomic mass is 15.5. The first kappa shape index (κ1) is 8.02. The van der Waals surface area contributed by atoms with E-state index >= 15 is 0 Å². The van der Waals surface area contributed by atoms with Crippen LogP contribution < -0.4 is 0 Å². The van der Waals surface area contributed by atoms with Crippen LogP contribution in [0.2, 0.25) is 0 Å². The summed E-state index contributed by atoms with van der Waals surface area (Å²) in [6.45, 7) is 8.37. The molecule has 0 aromatic carbocycles. The highest BCUT2D eigenvalue weighted by Crippen LogP contribution is 2.16. The molecule has 0 saturated carbocycles. The van der Waals surface area contributed by atoms with Gasteiger partial charge in [-0.05, 0) is 20.9 Å². The molecule has 1 heterocycles. The third kappa shape index (κ3) is 1.32. The van der Waals surface area contributed by atoms with E-state index in [4.69, 9.17) is 0 Å². The second-order valence-electron chi connectivity index (χ2n) is 3.87. The molecule has 2 heteroatoms. The molecule has 1 unspecified atom stereocenters. The van der Waals surface area contributed by atoms with Crippen LogP contribution in [-0.2, 0) is 0 Å². The van der Waals surface area contributed by atoms with Gasteiger partial charge in [0.25, 0.3) is 0 Å². The Labute approximate surface area is 64.0 Å². The molecule has 0 N–H and O–H groups in total. The molecular formula is C8H19N2+. The van der Waals surface area contributed by atoms with Crippen LogP contribution >= 0.6 is 0 Å². The zero-order valence-electron chi connectivity index (χ0n) is 7.59. The van der Waals surface area contributed by atoms with Gasteiger partial charge in [0.2, 0.25) is 0 Å². The largest absolute Gasteiger partial charge is 0.312 e. The monoisotopic (exact) mass is 143 g/mol. The van der Waals surface area contributed by atoms with Gasteiger partial charge in [0.05, 0.1) is 26.2 Å². The van der Waals surface area contributed by atoms with Gasteiger partial charge in [-0.2, -0.15) is 0 Å². The summed E-state index contributed by atoms with van der Waals surface area (Å²) in [5, 5.41) is 0. The van der Waals surface area contributed by atoms with Gasteiger partial charge in [0.1, 0.15) is 6.67 Å². The summed E-state index contributed by atoms with van der Waals surface area (Å²) in [5.74, 6) is 0. The maximum absolute atomic E-state index is 2.43. The molecule has 0 radical (unpaired) electrons. The molecule has 0 spiro atoms. The van der Waals surface area contributed by atoms with Crippen molar-refractivity contribution in [2.45, 2.75) is 19.9 Å². The van der Waals surface area contributed by atoms with Crippen molar-refractivity contribution in [3.63, 3.8) is 0 Å². The minimum Gasteiger partial charge on any atom is -0.312 e. The fourth-order valence-corrected chi connectivity index (χ4v) is 1.74. The number of hydrogen-bond acceptors (Lipinski definition) is 1. The Hall–Kier alpha value is -0.0800. The molecule has 0 aromatic rings. The van der Waals surface area contributed by atoms with E-state index < -0.39 is 0 Å². The highest BCUT2D eigenvalue weighted by molar-refractivity contribution is 4.65. The number of hydrogen-bond donors (Lipinski definition) is 0. The molecule has 1 fully saturated rings. The van der Waals surface area contributed by atoms with Crippen molar-refractivity contribution >= 4 is 0 Å². The van der Waals surface area contributed by atoms with E-state index in [-0.39, 0.29) is 0 Å². The topological polar surface area (TPSA) is 3.24 Å². The molecule has 1 aliphatic rings. The molecule has 0 amide bonds. The molecule has 10 heavy (non-hydrogen) atoms. The van der Waals surface area contributed by atoms with Crippen molar-refractivity contribution in [2.24, 2.45) is 0 Å². The van der Waals surface area contributed by atoms with E-state index in [0.717, 1.165) is 6.04 Å². The number of likely N-dealkylation sites (N-methyl/N-ethyl adjacent to an activating group) is 2. The van der Waals surface area contributed by atoms with E-state index in [0.29, 0.717) is 0 Å². The third-order valence-corrected chi connectivity index (χ3v) is 2.79. The zero-order valence-corrected chi connectivity index (χ0v) is 7.59. The maximum Gasteiger partial charge on any atom is 0.135 e. The van der Waals surface area contributed by atoms with Crippen molar-refractivity contribution in [3.05, 3.63) is 0 Å². The molecule has 1 rings (SSSR count). The van der Waals surface area contributed by atoms with Crippen LogP contribution in [-0.4, -0.2) is 49.3 Å². The average molecular weight is 143 g/mol. The minimum atomic E-state index is 0.768. The smallest absolute Gasteiger partial charge is 0.135 e. The maximum atomic E-state index is 2.43. The predicted octanol–water partition coefficient (Wildman–Crippen LogP) is 0.744. The van der Waals surface area contributed by atoms with Crippen LogP contribution in [0, 0.1) is 0 Å². The van der Waals surface area contributed by atoms with Crippen molar-refractivity contribution < 1.29 is 4.48 Å². The lowest BCUT2D eigenvalue weighted by atomic mass is 10.3. The van der Waals surface area contributed by atoms with Gasteiger partial charge in [0.15, 0.2) is 0 Å².